The van der Waals surface area contributed by atoms with E-state index in [4.69, 9.17) is 5.73 Å². The van der Waals surface area contributed by atoms with E-state index in [1.54, 1.807) is 0 Å². The molecule has 1 saturated carbocycles. The number of likely N-dealkylation sites (tertiary alicyclic amines) is 1. The summed E-state index contributed by atoms with van der Waals surface area (Å²) in [4.78, 5) is 13.4. The van der Waals surface area contributed by atoms with Gasteiger partial charge in [-0.3, -0.25) is 4.79 Å². The van der Waals surface area contributed by atoms with Crippen LogP contribution in [0.4, 0.5) is 0 Å². The van der Waals surface area contributed by atoms with Gasteiger partial charge in [-0.25, -0.2) is 0 Å². The number of amides is 1. The van der Waals surface area contributed by atoms with E-state index in [-0.39, 0.29) is 12.5 Å². The van der Waals surface area contributed by atoms with Crippen molar-refractivity contribution in [2.24, 2.45) is 17.6 Å². The number of hydrogen-bond donors (Lipinski definition) is 1. The number of piperidine rings is 1. The summed E-state index contributed by atoms with van der Waals surface area (Å²) in [6.45, 7) is 2.09. The van der Waals surface area contributed by atoms with E-state index in [1.807, 2.05) is 4.90 Å². The zero-order valence-corrected chi connectivity index (χ0v) is 8.74. The Morgan fingerprint density at radius 3 is 2.64 bits per heavy atom. The fraction of sp³-hybridized carbons (Fsp3) is 0.909. The summed E-state index contributed by atoms with van der Waals surface area (Å²) in [5, 5.41) is 0. The van der Waals surface area contributed by atoms with Crippen LogP contribution in [0.25, 0.3) is 0 Å². The van der Waals surface area contributed by atoms with Crippen molar-refractivity contribution in [1.29, 1.82) is 0 Å². The Morgan fingerprint density at radius 2 is 1.93 bits per heavy atom. The van der Waals surface area contributed by atoms with E-state index in [9.17, 15) is 4.79 Å². The summed E-state index contributed by atoms with van der Waals surface area (Å²) in [6.07, 6.45) is 6.66. The van der Waals surface area contributed by atoms with Gasteiger partial charge in [0.25, 0.3) is 0 Å². The molecule has 80 valence electrons. The molecule has 0 aromatic heterocycles. The summed E-state index contributed by atoms with van der Waals surface area (Å²) in [6, 6.07) is 0. The van der Waals surface area contributed by atoms with Crippen LogP contribution in [-0.2, 0) is 4.79 Å². The second kappa shape index (κ2) is 4.30. The topological polar surface area (TPSA) is 46.3 Å². The maximum absolute atomic E-state index is 11.4. The molecule has 2 rings (SSSR count). The average molecular weight is 196 g/mol. The Morgan fingerprint density at radius 1 is 1.21 bits per heavy atom. The van der Waals surface area contributed by atoms with Crippen molar-refractivity contribution >= 4 is 5.91 Å². The van der Waals surface area contributed by atoms with Crippen LogP contribution in [-0.4, -0.2) is 30.4 Å². The van der Waals surface area contributed by atoms with Crippen molar-refractivity contribution in [3.05, 3.63) is 0 Å². The van der Waals surface area contributed by atoms with Gasteiger partial charge in [0, 0.05) is 13.1 Å². The van der Waals surface area contributed by atoms with Crippen molar-refractivity contribution in [3.63, 3.8) is 0 Å². The molecule has 1 amide bonds. The number of nitrogens with zero attached hydrogens (tertiary/aromatic N) is 1. The third-order valence-corrected chi connectivity index (χ3v) is 3.82. The molecule has 2 unspecified atom stereocenters. The van der Waals surface area contributed by atoms with Gasteiger partial charge in [-0.05, 0) is 24.7 Å². The molecular weight excluding hydrogens is 176 g/mol. The van der Waals surface area contributed by atoms with Gasteiger partial charge in [0.15, 0.2) is 0 Å². The molecule has 0 aromatic carbocycles. The third kappa shape index (κ3) is 1.92. The van der Waals surface area contributed by atoms with Crippen LogP contribution in [0, 0.1) is 11.8 Å². The predicted molar refractivity (Wildman–Crippen MR) is 55.7 cm³/mol. The second-order valence-corrected chi connectivity index (χ2v) is 4.64. The lowest BCUT2D eigenvalue weighted by Gasteiger charge is -2.41. The van der Waals surface area contributed by atoms with Crippen LogP contribution in [0.15, 0.2) is 0 Å². The van der Waals surface area contributed by atoms with E-state index in [1.165, 1.54) is 32.1 Å². The van der Waals surface area contributed by atoms with Crippen molar-refractivity contribution < 1.29 is 4.79 Å². The molecule has 2 N–H and O–H groups in total. The molecule has 0 bridgehead atoms. The molecule has 3 nitrogen and oxygen atoms in total. The number of carbonyl (C=O) groups is 1. The normalized spacial score (nSPS) is 32.5. The van der Waals surface area contributed by atoms with Gasteiger partial charge in [0.2, 0.25) is 5.91 Å². The van der Waals surface area contributed by atoms with Gasteiger partial charge in [-0.15, -0.1) is 0 Å². The van der Waals surface area contributed by atoms with Crippen molar-refractivity contribution in [1.82, 2.24) is 4.90 Å². The third-order valence-electron chi connectivity index (χ3n) is 3.82. The minimum Gasteiger partial charge on any atom is -0.341 e. The number of rotatable bonds is 1. The van der Waals surface area contributed by atoms with E-state index >= 15 is 0 Å². The molecular formula is C11H20N2O. The number of carbonyl (C=O) groups excluding carboxylic acids is 1. The Bertz CT molecular complexity index is 217. The quantitative estimate of drug-likeness (QED) is 0.679. The zero-order chi connectivity index (χ0) is 9.97. The second-order valence-electron chi connectivity index (χ2n) is 4.64. The summed E-state index contributed by atoms with van der Waals surface area (Å²) < 4.78 is 0. The lowest BCUT2D eigenvalue weighted by Crippen LogP contribution is -2.46. The fourth-order valence-corrected chi connectivity index (χ4v) is 2.96. The lowest BCUT2D eigenvalue weighted by atomic mass is 9.75. The average Bonchev–Trinajstić information content (AvgIpc) is 2.27. The number of fused-ring (bicyclic) bond motifs is 1. The van der Waals surface area contributed by atoms with Gasteiger partial charge < -0.3 is 10.6 Å². The monoisotopic (exact) mass is 196 g/mol. The molecule has 2 atom stereocenters. The SMILES string of the molecule is NCC(=O)N1CCC2CCCCC2C1. The molecule has 1 aliphatic heterocycles. The fourth-order valence-electron chi connectivity index (χ4n) is 2.96. The molecule has 0 radical (unpaired) electrons. The predicted octanol–water partition coefficient (Wildman–Crippen LogP) is 0.984. The minimum absolute atomic E-state index is 0.133. The maximum atomic E-state index is 11.4. The van der Waals surface area contributed by atoms with E-state index in [0.717, 1.165) is 24.9 Å². The molecule has 1 heterocycles. The van der Waals surface area contributed by atoms with Crippen LogP contribution in [0.3, 0.4) is 0 Å². The van der Waals surface area contributed by atoms with Crippen LogP contribution in [0.1, 0.15) is 32.1 Å². The van der Waals surface area contributed by atoms with Crippen LogP contribution in [0.5, 0.6) is 0 Å². The molecule has 2 fully saturated rings. The largest absolute Gasteiger partial charge is 0.341 e. The van der Waals surface area contributed by atoms with Crippen LogP contribution >= 0.6 is 0 Å². The number of hydrogen-bond acceptors (Lipinski definition) is 2. The molecule has 1 aliphatic carbocycles. The highest BCUT2D eigenvalue weighted by atomic mass is 16.2. The van der Waals surface area contributed by atoms with E-state index in [2.05, 4.69) is 0 Å². The van der Waals surface area contributed by atoms with Crippen molar-refractivity contribution in [2.75, 3.05) is 19.6 Å². The summed E-state index contributed by atoms with van der Waals surface area (Å²) in [5.74, 6) is 1.80. The van der Waals surface area contributed by atoms with Crippen LogP contribution in [0.2, 0.25) is 0 Å². The summed E-state index contributed by atoms with van der Waals surface area (Å²) >= 11 is 0. The Hall–Kier alpha value is -0.570. The highest BCUT2D eigenvalue weighted by Gasteiger charge is 2.32. The molecule has 0 aromatic rings. The van der Waals surface area contributed by atoms with Crippen molar-refractivity contribution in [3.8, 4) is 0 Å². The first-order chi connectivity index (χ1) is 6.81. The van der Waals surface area contributed by atoms with Gasteiger partial charge >= 0.3 is 0 Å². The molecule has 14 heavy (non-hydrogen) atoms. The minimum atomic E-state index is 0.133. The standard InChI is InChI=1S/C11H20N2O/c12-7-11(14)13-6-5-9-3-1-2-4-10(9)8-13/h9-10H,1-8,12H2. The first-order valence-electron chi connectivity index (χ1n) is 5.79. The van der Waals surface area contributed by atoms with Gasteiger partial charge in [0.05, 0.1) is 6.54 Å². The Labute approximate surface area is 85.6 Å². The van der Waals surface area contributed by atoms with E-state index < -0.39 is 0 Å². The molecule has 0 spiro atoms. The van der Waals surface area contributed by atoms with E-state index in [0.29, 0.717) is 0 Å². The Kier molecular flexibility index (Phi) is 3.06. The van der Waals surface area contributed by atoms with Crippen molar-refractivity contribution in [2.45, 2.75) is 32.1 Å². The lowest BCUT2D eigenvalue weighted by molar-refractivity contribution is -0.132. The maximum Gasteiger partial charge on any atom is 0.236 e. The number of nitrogens with two attached hydrogens (primary N) is 1. The van der Waals surface area contributed by atoms with Gasteiger partial charge in [-0.1, -0.05) is 19.3 Å². The smallest absolute Gasteiger partial charge is 0.236 e. The highest BCUT2D eigenvalue weighted by molar-refractivity contribution is 5.78. The molecule has 1 saturated heterocycles. The van der Waals surface area contributed by atoms with Gasteiger partial charge in [-0.2, -0.15) is 0 Å². The zero-order valence-electron chi connectivity index (χ0n) is 8.74. The Balaban J connectivity index is 1.92. The van der Waals surface area contributed by atoms with Crippen LogP contribution < -0.4 is 5.73 Å². The first-order valence-corrected chi connectivity index (χ1v) is 5.79. The molecule has 2 aliphatic rings. The molecule has 3 heteroatoms. The summed E-state index contributed by atoms with van der Waals surface area (Å²) in [5.41, 5.74) is 5.38. The summed E-state index contributed by atoms with van der Waals surface area (Å²) in [7, 11) is 0. The highest BCUT2D eigenvalue weighted by Crippen LogP contribution is 2.35. The van der Waals surface area contributed by atoms with Gasteiger partial charge in [0.1, 0.15) is 0 Å². The first kappa shape index (κ1) is 9.97.